The van der Waals surface area contributed by atoms with Crippen molar-refractivity contribution in [1.82, 2.24) is 10.3 Å². The number of fused-ring (bicyclic) bond motifs is 1. The molecule has 2 aromatic rings. The van der Waals surface area contributed by atoms with Gasteiger partial charge in [-0.15, -0.1) is 11.6 Å². The van der Waals surface area contributed by atoms with E-state index in [0.29, 0.717) is 17.8 Å². The van der Waals surface area contributed by atoms with Crippen molar-refractivity contribution < 1.29 is 0 Å². The van der Waals surface area contributed by atoms with Crippen molar-refractivity contribution >= 4 is 22.5 Å². The van der Waals surface area contributed by atoms with E-state index >= 15 is 0 Å². The first-order chi connectivity index (χ1) is 9.19. The van der Waals surface area contributed by atoms with Gasteiger partial charge in [0.25, 0.3) is 0 Å². The van der Waals surface area contributed by atoms with E-state index in [2.05, 4.69) is 48.4 Å². The fourth-order valence-electron chi connectivity index (χ4n) is 2.27. The van der Waals surface area contributed by atoms with Crippen molar-refractivity contribution in [3.05, 3.63) is 42.1 Å². The highest BCUT2D eigenvalue weighted by molar-refractivity contribution is 6.18. The van der Waals surface area contributed by atoms with Crippen LogP contribution in [0.25, 0.3) is 10.9 Å². The van der Waals surface area contributed by atoms with Crippen LogP contribution in [0.2, 0.25) is 0 Å². The summed E-state index contributed by atoms with van der Waals surface area (Å²) in [6.45, 7) is 5.31. The van der Waals surface area contributed by atoms with Crippen molar-refractivity contribution in [2.75, 3.05) is 5.88 Å². The first-order valence-corrected chi connectivity index (χ1v) is 7.35. The number of alkyl halides is 1. The van der Waals surface area contributed by atoms with E-state index in [4.69, 9.17) is 11.6 Å². The topological polar surface area (TPSA) is 24.9 Å². The fourth-order valence-corrected chi connectivity index (χ4v) is 2.50. The lowest BCUT2D eigenvalue weighted by molar-refractivity contribution is 0.445. The maximum absolute atomic E-state index is 6.00. The van der Waals surface area contributed by atoms with Crippen LogP contribution in [0.5, 0.6) is 0 Å². The first-order valence-electron chi connectivity index (χ1n) is 6.82. The molecule has 3 heteroatoms. The highest BCUT2D eigenvalue weighted by Crippen LogP contribution is 2.14. The third-order valence-corrected chi connectivity index (χ3v) is 3.58. The van der Waals surface area contributed by atoms with Gasteiger partial charge < -0.3 is 5.32 Å². The lowest BCUT2D eigenvalue weighted by Gasteiger charge is -2.18. The maximum Gasteiger partial charge on any atom is 0.0702 e. The van der Waals surface area contributed by atoms with E-state index in [1.165, 1.54) is 10.9 Å². The van der Waals surface area contributed by atoms with Gasteiger partial charge >= 0.3 is 0 Å². The molecule has 2 rings (SSSR count). The minimum absolute atomic E-state index is 0.381. The Labute approximate surface area is 120 Å². The third kappa shape index (κ3) is 4.19. The number of pyridine rings is 1. The number of benzene rings is 1. The van der Waals surface area contributed by atoms with E-state index in [1.54, 1.807) is 0 Å². The normalized spacial score (nSPS) is 13.1. The average molecular weight is 277 g/mol. The zero-order chi connectivity index (χ0) is 13.7. The summed E-state index contributed by atoms with van der Waals surface area (Å²) in [5.74, 6) is 1.32. The van der Waals surface area contributed by atoms with Crippen molar-refractivity contribution in [3.8, 4) is 0 Å². The smallest absolute Gasteiger partial charge is 0.0702 e. The zero-order valence-corrected chi connectivity index (χ0v) is 12.3. The molecule has 19 heavy (non-hydrogen) atoms. The summed E-state index contributed by atoms with van der Waals surface area (Å²) in [7, 11) is 0. The average Bonchev–Trinajstić information content (AvgIpc) is 2.42. The zero-order valence-electron chi connectivity index (χ0n) is 11.6. The highest BCUT2D eigenvalue weighted by atomic mass is 35.5. The van der Waals surface area contributed by atoms with Crippen molar-refractivity contribution in [1.29, 1.82) is 0 Å². The molecule has 102 valence electrons. The lowest BCUT2D eigenvalue weighted by Crippen LogP contribution is -2.31. The molecule has 0 aliphatic rings. The number of hydrogen-bond acceptors (Lipinski definition) is 2. The van der Waals surface area contributed by atoms with E-state index in [-0.39, 0.29) is 0 Å². The number of nitrogens with one attached hydrogen (secondary N) is 1. The molecule has 0 amide bonds. The molecule has 1 aromatic carbocycles. The fraction of sp³-hybridized carbons (Fsp3) is 0.438. The molecule has 1 aromatic heterocycles. The summed E-state index contributed by atoms with van der Waals surface area (Å²) in [5, 5.41) is 4.72. The van der Waals surface area contributed by atoms with E-state index in [9.17, 15) is 0 Å². The van der Waals surface area contributed by atoms with Gasteiger partial charge in [-0.2, -0.15) is 0 Å². The molecule has 0 fully saturated rings. The number of halogens is 1. The summed E-state index contributed by atoms with van der Waals surface area (Å²) in [6.07, 6.45) is 2.94. The molecule has 1 heterocycles. The molecule has 1 atom stereocenters. The number of hydrogen-bond donors (Lipinski definition) is 1. The third-order valence-electron chi connectivity index (χ3n) is 3.20. The summed E-state index contributed by atoms with van der Waals surface area (Å²) in [4.78, 5) is 4.33. The van der Waals surface area contributed by atoms with Gasteiger partial charge in [-0.3, -0.25) is 4.98 Å². The maximum atomic E-state index is 6.00. The molecule has 0 aliphatic carbocycles. The summed E-state index contributed by atoms with van der Waals surface area (Å²) >= 11 is 6.00. The molecule has 0 spiro atoms. The molecule has 1 N–H and O–H groups in total. The van der Waals surface area contributed by atoms with E-state index < -0.39 is 0 Å². The predicted octanol–water partition coefficient (Wildman–Crippen LogP) is 3.98. The molecule has 0 saturated heterocycles. The van der Waals surface area contributed by atoms with Crippen LogP contribution in [-0.2, 0) is 6.54 Å². The molecule has 2 nitrogen and oxygen atoms in total. The predicted molar refractivity (Wildman–Crippen MR) is 82.5 cm³/mol. The first kappa shape index (κ1) is 14.3. The quantitative estimate of drug-likeness (QED) is 0.808. The van der Waals surface area contributed by atoms with Crippen LogP contribution >= 0.6 is 11.6 Å². The molecule has 0 bridgehead atoms. The Morgan fingerprint density at radius 1 is 1.26 bits per heavy atom. The molecule has 0 aliphatic heterocycles. The van der Waals surface area contributed by atoms with Gasteiger partial charge in [0.15, 0.2) is 0 Å². The molecule has 0 radical (unpaired) electrons. The van der Waals surface area contributed by atoms with Gasteiger partial charge in [-0.25, -0.2) is 0 Å². The highest BCUT2D eigenvalue weighted by Gasteiger charge is 2.09. The van der Waals surface area contributed by atoms with Crippen molar-refractivity contribution in [2.24, 2.45) is 5.92 Å². The molecule has 1 unspecified atom stereocenters. The Balaban J connectivity index is 2.00. The largest absolute Gasteiger partial charge is 0.309 e. The van der Waals surface area contributed by atoms with Crippen LogP contribution in [0, 0.1) is 5.92 Å². The van der Waals surface area contributed by atoms with Gasteiger partial charge in [0.05, 0.1) is 5.52 Å². The Hall–Kier alpha value is -1.12. The van der Waals surface area contributed by atoms with Gasteiger partial charge in [0, 0.05) is 30.0 Å². The molecular formula is C16H21ClN2. The second kappa shape index (κ2) is 6.88. The molecule has 0 saturated carbocycles. The number of nitrogens with zero attached hydrogens (tertiary/aromatic N) is 1. The van der Waals surface area contributed by atoms with Crippen LogP contribution < -0.4 is 5.32 Å². The summed E-state index contributed by atoms with van der Waals surface area (Å²) in [5.41, 5.74) is 2.32. The Morgan fingerprint density at radius 2 is 2.11 bits per heavy atom. The van der Waals surface area contributed by atoms with Crippen LogP contribution in [0.3, 0.4) is 0 Å². The van der Waals surface area contributed by atoms with Crippen LogP contribution in [0.1, 0.15) is 25.8 Å². The lowest BCUT2D eigenvalue weighted by atomic mass is 10.0. The summed E-state index contributed by atoms with van der Waals surface area (Å²) in [6, 6.07) is 10.8. The number of rotatable bonds is 6. The Morgan fingerprint density at radius 3 is 2.84 bits per heavy atom. The van der Waals surface area contributed by atoms with Gasteiger partial charge in [0.2, 0.25) is 0 Å². The number of aromatic nitrogens is 1. The van der Waals surface area contributed by atoms with Crippen molar-refractivity contribution in [3.63, 3.8) is 0 Å². The standard InChI is InChI=1S/C16H21ClN2/c1-12(2)8-15(10-17)19-11-13-5-6-16-14(9-13)4-3-7-18-16/h3-7,9,12,15,19H,8,10-11H2,1-2H3. The summed E-state index contributed by atoms with van der Waals surface area (Å²) < 4.78 is 0. The van der Waals surface area contributed by atoms with E-state index in [0.717, 1.165) is 18.5 Å². The van der Waals surface area contributed by atoms with E-state index in [1.807, 2.05) is 12.3 Å². The Kier molecular flexibility index (Phi) is 5.17. The van der Waals surface area contributed by atoms with Gasteiger partial charge in [0.1, 0.15) is 0 Å². The van der Waals surface area contributed by atoms with Crippen molar-refractivity contribution in [2.45, 2.75) is 32.9 Å². The monoisotopic (exact) mass is 276 g/mol. The van der Waals surface area contributed by atoms with Crippen LogP contribution in [0.4, 0.5) is 0 Å². The molecular weight excluding hydrogens is 256 g/mol. The second-order valence-corrected chi connectivity index (χ2v) is 5.70. The minimum atomic E-state index is 0.381. The SMILES string of the molecule is CC(C)CC(CCl)NCc1ccc2ncccc2c1. The van der Waals surface area contributed by atoms with Crippen LogP contribution in [0.15, 0.2) is 36.5 Å². The Bertz CT molecular complexity index is 525. The van der Waals surface area contributed by atoms with Gasteiger partial charge in [-0.1, -0.05) is 26.0 Å². The minimum Gasteiger partial charge on any atom is -0.309 e. The second-order valence-electron chi connectivity index (χ2n) is 5.39. The van der Waals surface area contributed by atoms with Gasteiger partial charge in [-0.05, 0) is 36.1 Å². The van der Waals surface area contributed by atoms with Crippen LogP contribution in [-0.4, -0.2) is 16.9 Å².